The SMILES string of the molecule is Cc1cccc(-n2cc(Cl)cn2)c1-c1ccc2nc(N)c(N3CCOCC3)cc2c1. The number of aryl methyl sites for hydroxylation is 1. The Morgan fingerprint density at radius 2 is 1.90 bits per heavy atom. The van der Waals surface area contributed by atoms with E-state index < -0.39 is 0 Å². The number of anilines is 2. The molecule has 0 amide bonds. The van der Waals surface area contributed by atoms with Crippen molar-refractivity contribution >= 4 is 34.0 Å². The van der Waals surface area contributed by atoms with Crippen LogP contribution in [0.2, 0.25) is 5.02 Å². The molecule has 7 heteroatoms. The molecule has 1 fully saturated rings. The van der Waals surface area contributed by atoms with Gasteiger partial charge in [-0.1, -0.05) is 29.8 Å². The lowest BCUT2D eigenvalue weighted by atomic mass is 9.97. The number of nitrogen functional groups attached to an aromatic ring is 1. The van der Waals surface area contributed by atoms with E-state index in [0.717, 1.165) is 52.1 Å². The number of ether oxygens (including phenoxy) is 1. The molecule has 0 radical (unpaired) electrons. The highest BCUT2D eigenvalue weighted by Gasteiger charge is 2.17. The Bertz CT molecular complexity index is 1230. The van der Waals surface area contributed by atoms with E-state index in [9.17, 15) is 0 Å². The van der Waals surface area contributed by atoms with E-state index in [-0.39, 0.29) is 0 Å². The molecular formula is C23H22ClN5O. The standard InChI is InChI=1S/C23H22ClN5O/c1-15-3-2-4-20(29-14-18(24)13-26-29)22(15)16-5-6-19-17(11-16)12-21(23(25)27-19)28-7-9-30-10-8-28/h2-6,11-14H,7-10H2,1H3,(H2,25,27). The molecule has 0 bridgehead atoms. The van der Waals surface area contributed by atoms with Gasteiger partial charge in [-0.3, -0.25) is 0 Å². The normalized spacial score (nSPS) is 14.4. The molecule has 0 saturated carbocycles. The minimum absolute atomic E-state index is 0.555. The first-order valence-electron chi connectivity index (χ1n) is 9.94. The van der Waals surface area contributed by atoms with Gasteiger partial charge in [-0.05, 0) is 42.3 Å². The van der Waals surface area contributed by atoms with E-state index in [1.165, 1.54) is 0 Å². The Morgan fingerprint density at radius 3 is 2.67 bits per heavy atom. The lowest BCUT2D eigenvalue weighted by Gasteiger charge is -2.29. The molecule has 152 valence electrons. The molecule has 6 nitrogen and oxygen atoms in total. The van der Waals surface area contributed by atoms with Crippen molar-refractivity contribution in [1.29, 1.82) is 0 Å². The molecule has 2 aromatic heterocycles. The summed E-state index contributed by atoms with van der Waals surface area (Å²) in [6.45, 7) is 5.15. The first kappa shape index (κ1) is 18.9. The van der Waals surface area contributed by atoms with Crippen LogP contribution in [0.5, 0.6) is 0 Å². The summed E-state index contributed by atoms with van der Waals surface area (Å²) in [6, 6.07) is 14.6. The number of hydrogen-bond donors (Lipinski definition) is 1. The van der Waals surface area contributed by atoms with Crippen molar-refractivity contribution in [1.82, 2.24) is 14.8 Å². The van der Waals surface area contributed by atoms with Crippen LogP contribution in [0.15, 0.2) is 54.9 Å². The van der Waals surface area contributed by atoms with Gasteiger partial charge in [0.05, 0.1) is 41.3 Å². The molecule has 0 spiro atoms. The van der Waals surface area contributed by atoms with Crippen molar-refractivity contribution < 1.29 is 4.74 Å². The van der Waals surface area contributed by atoms with Crippen molar-refractivity contribution in [2.45, 2.75) is 6.92 Å². The molecule has 30 heavy (non-hydrogen) atoms. The highest BCUT2D eigenvalue weighted by Crippen LogP contribution is 2.34. The number of nitrogens with two attached hydrogens (primary N) is 1. The zero-order valence-electron chi connectivity index (χ0n) is 16.7. The number of benzene rings is 2. The largest absolute Gasteiger partial charge is 0.382 e. The van der Waals surface area contributed by atoms with Crippen molar-refractivity contribution in [3.63, 3.8) is 0 Å². The summed E-state index contributed by atoms with van der Waals surface area (Å²) in [7, 11) is 0. The van der Waals surface area contributed by atoms with Crippen LogP contribution in [-0.4, -0.2) is 41.1 Å². The van der Waals surface area contributed by atoms with Gasteiger partial charge in [0, 0.05) is 30.2 Å². The summed E-state index contributed by atoms with van der Waals surface area (Å²) in [5, 5.41) is 6.06. The fourth-order valence-electron chi connectivity index (χ4n) is 4.04. The fourth-order valence-corrected chi connectivity index (χ4v) is 4.18. The third-order valence-corrected chi connectivity index (χ3v) is 5.71. The van der Waals surface area contributed by atoms with E-state index in [0.29, 0.717) is 24.1 Å². The molecule has 4 aromatic rings. The van der Waals surface area contributed by atoms with Crippen LogP contribution in [0.4, 0.5) is 11.5 Å². The number of aromatic nitrogens is 3. The molecule has 5 rings (SSSR count). The van der Waals surface area contributed by atoms with Crippen LogP contribution in [0.3, 0.4) is 0 Å². The van der Waals surface area contributed by atoms with E-state index in [1.54, 1.807) is 6.20 Å². The van der Waals surface area contributed by atoms with Gasteiger partial charge in [0.2, 0.25) is 0 Å². The Hall–Kier alpha value is -3.09. The van der Waals surface area contributed by atoms with Crippen LogP contribution < -0.4 is 10.6 Å². The highest BCUT2D eigenvalue weighted by molar-refractivity contribution is 6.30. The predicted octanol–water partition coefficient (Wildman–Crippen LogP) is 4.47. The molecule has 2 N–H and O–H groups in total. The smallest absolute Gasteiger partial charge is 0.147 e. The van der Waals surface area contributed by atoms with Crippen LogP contribution in [-0.2, 0) is 4.74 Å². The van der Waals surface area contributed by atoms with Gasteiger partial charge in [-0.2, -0.15) is 5.10 Å². The number of nitrogens with zero attached hydrogens (tertiary/aromatic N) is 4. The van der Waals surface area contributed by atoms with Gasteiger partial charge >= 0.3 is 0 Å². The zero-order chi connectivity index (χ0) is 20.7. The van der Waals surface area contributed by atoms with E-state index >= 15 is 0 Å². The van der Waals surface area contributed by atoms with Gasteiger partial charge in [-0.15, -0.1) is 0 Å². The number of halogens is 1. The van der Waals surface area contributed by atoms with Gasteiger partial charge < -0.3 is 15.4 Å². The van der Waals surface area contributed by atoms with E-state index in [1.807, 2.05) is 23.0 Å². The molecule has 3 heterocycles. The van der Waals surface area contributed by atoms with Crippen molar-refractivity contribution in [3.8, 4) is 16.8 Å². The summed E-state index contributed by atoms with van der Waals surface area (Å²) in [5.41, 5.74) is 12.5. The Morgan fingerprint density at radius 1 is 1.07 bits per heavy atom. The van der Waals surface area contributed by atoms with E-state index in [4.69, 9.17) is 22.1 Å². The maximum Gasteiger partial charge on any atom is 0.147 e. The lowest BCUT2D eigenvalue weighted by Crippen LogP contribution is -2.36. The van der Waals surface area contributed by atoms with Gasteiger partial charge in [0.25, 0.3) is 0 Å². The minimum Gasteiger partial charge on any atom is -0.382 e. The molecule has 1 aliphatic heterocycles. The minimum atomic E-state index is 0.555. The van der Waals surface area contributed by atoms with Gasteiger partial charge in [0.1, 0.15) is 5.82 Å². The van der Waals surface area contributed by atoms with Gasteiger partial charge in [-0.25, -0.2) is 9.67 Å². The molecule has 2 aromatic carbocycles. The Balaban J connectivity index is 1.64. The van der Waals surface area contributed by atoms with Crippen LogP contribution in [0.1, 0.15) is 5.56 Å². The quantitative estimate of drug-likeness (QED) is 0.530. The maximum absolute atomic E-state index is 6.28. The van der Waals surface area contributed by atoms with Crippen molar-refractivity contribution in [2.24, 2.45) is 0 Å². The first-order valence-corrected chi connectivity index (χ1v) is 10.3. The monoisotopic (exact) mass is 419 g/mol. The maximum atomic E-state index is 6.28. The van der Waals surface area contributed by atoms with E-state index in [2.05, 4.69) is 52.2 Å². The summed E-state index contributed by atoms with van der Waals surface area (Å²) < 4.78 is 7.29. The third-order valence-electron chi connectivity index (χ3n) is 5.51. The first-order chi connectivity index (χ1) is 14.6. The second kappa shape index (κ2) is 7.63. The second-order valence-electron chi connectivity index (χ2n) is 7.47. The van der Waals surface area contributed by atoms with Crippen molar-refractivity contribution in [3.05, 3.63) is 65.4 Å². The highest BCUT2D eigenvalue weighted by atomic mass is 35.5. The molecule has 0 unspecified atom stereocenters. The molecule has 0 atom stereocenters. The number of hydrogen-bond acceptors (Lipinski definition) is 5. The van der Waals surface area contributed by atoms with Crippen molar-refractivity contribution in [2.75, 3.05) is 36.9 Å². The average Bonchev–Trinajstić information content (AvgIpc) is 3.19. The third kappa shape index (κ3) is 3.38. The molecular weight excluding hydrogens is 398 g/mol. The second-order valence-corrected chi connectivity index (χ2v) is 7.91. The molecule has 0 aliphatic carbocycles. The Labute approximate surface area is 179 Å². The zero-order valence-corrected chi connectivity index (χ0v) is 17.4. The van der Waals surface area contributed by atoms with Crippen LogP contribution in [0.25, 0.3) is 27.7 Å². The fraction of sp³-hybridized carbons (Fsp3) is 0.217. The Kier molecular flexibility index (Phi) is 4.81. The summed E-state index contributed by atoms with van der Waals surface area (Å²) in [6.07, 6.45) is 3.47. The lowest BCUT2D eigenvalue weighted by molar-refractivity contribution is 0.123. The molecule has 1 saturated heterocycles. The molecule has 1 aliphatic rings. The summed E-state index contributed by atoms with van der Waals surface area (Å²) in [5.74, 6) is 0.555. The number of pyridine rings is 1. The number of morpholine rings is 1. The van der Waals surface area contributed by atoms with Crippen LogP contribution >= 0.6 is 11.6 Å². The number of fused-ring (bicyclic) bond motifs is 1. The average molecular weight is 420 g/mol. The topological polar surface area (TPSA) is 69.2 Å². The summed E-state index contributed by atoms with van der Waals surface area (Å²) >= 11 is 6.12. The van der Waals surface area contributed by atoms with Crippen LogP contribution in [0, 0.1) is 6.92 Å². The summed E-state index contributed by atoms with van der Waals surface area (Å²) in [4.78, 5) is 6.89. The number of rotatable bonds is 3. The predicted molar refractivity (Wildman–Crippen MR) is 121 cm³/mol. The van der Waals surface area contributed by atoms with Gasteiger partial charge in [0.15, 0.2) is 0 Å².